The predicted molar refractivity (Wildman–Crippen MR) is 63.1 cm³/mol. The molecule has 0 aliphatic rings. The van der Waals surface area contributed by atoms with Crippen LogP contribution in [0.4, 0.5) is 13.2 Å². The molecule has 0 unspecified atom stereocenters. The highest BCUT2D eigenvalue weighted by Gasteiger charge is 2.26. The van der Waals surface area contributed by atoms with Crippen LogP contribution in [0.2, 0.25) is 0 Å². The number of halogens is 3. The largest absolute Gasteiger partial charge is 0.497 e. The SMILES string of the molecule is COc1ccc(B(O)O)c(COCCC(F)(F)F)c1. The zero-order valence-electron chi connectivity index (χ0n) is 10.3. The highest BCUT2D eigenvalue weighted by Crippen LogP contribution is 2.19. The molecule has 0 heterocycles. The van der Waals surface area contributed by atoms with Gasteiger partial charge in [0.05, 0.1) is 26.7 Å². The van der Waals surface area contributed by atoms with Crippen molar-refractivity contribution in [3.63, 3.8) is 0 Å². The molecule has 0 atom stereocenters. The van der Waals surface area contributed by atoms with Crippen LogP contribution in [0.5, 0.6) is 5.75 Å². The van der Waals surface area contributed by atoms with Crippen LogP contribution in [0, 0.1) is 0 Å². The summed E-state index contributed by atoms with van der Waals surface area (Å²) in [5.41, 5.74) is 0.546. The van der Waals surface area contributed by atoms with E-state index >= 15 is 0 Å². The smallest absolute Gasteiger partial charge is 0.488 e. The van der Waals surface area contributed by atoms with Gasteiger partial charge >= 0.3 is 13.3 Å². The molecular weight excluding hydrogens is 264 g/mol. The fourth-order valence-corrected chi connectivity index (χ4v) is 1.46. The van der Waals surface area contributed by atoms with Crippen LogP contribution in [0.25, 0.3) is 0 Å². The van der Waals surface area contributed by atoms with Crippen LogP contribution < -0.4 is 10.2 Å². The Labute approximate surface area is 108 Å². The zero-order chi connectivity index (χ0) is 14.5. The van der Waals surface area contributed by atoms with Crippen LogP contribution in [-0.2, 0) is 11.3 Å². The van der Waals surface area contributed by atoms with Crippen molar-refractivity contribution >= 4 is 12.6 Å². The van der Waals surface area contributed by atoms with Gasteiger partial charge in [-0.2, -0.15) is 13.2 Å². The molecule has 0 radical (unpaired) electrons. The van der Waals surface area contributed by atoms with Gasteiger partial charge in [0, 0.05) is 0 Å². The van der Waals surface area contributed by atoms with Gasteiger partial charge in [0.15, 0.2) is 0 Å². The van der Waals surface area contributed by atoms with Gasteiger partial charge in [-0.1, -0.05) is 6.07 Å². The van der Waals surface area contributed by atoms with E-state index in [0.717, 1.165) is 0 Å². The van der Waals surface area contributed by atoms with Crippen LogP contribution in [0.15, 0.2) is 18.2 Å². The summed E-state index contributed by atoms with van der Waals surface area (Å²) in [6.07, 6.45) is -5.32. The lowest BCUT2D eigenvalue weighted by Crippen LogP contribution is -2.33. The molecule has 19 heavy (non-hydrogen) atoms. The van der Waals surface area contributed by atoms with Crippen molar-refractivity contribution in [3.8, 4) is 5.75 Å². The van der Waals surface area contributed by atoms with E-state index in [-0.39, 0.29) is 12.1 Å². The molecule has 0 aromatic heterocycles. The number of rotatable bonds is 6. The Kier molecular flexibility index (Phi) is 5.65. The minimum Gasteiger partial charge on any atom is -0.497 e. The molecule has 0 saturated carbocycles. The van der Waals surface area contributed by atoms with Crippen molar-refractivity contribution in [2.45, 2.75) is 19.2 Å². The van der Waals surface area contributed by atoms with Crippen molar-refractivity contribution in [1.29, 1.82) is 0 Å². The van der Waals surface area contributed by atoms with Crippen LogP contribution >= 0.6 is 0 Å². The fourth-order valence-electron chi connectivity index (χ4n) is 1.46. The van der Waals surface area contributed by atoms with Gasteiger partial charge in [-0.25, -0.2) is 0 Å². The average Bonchev–Trinajstić information content (AvgIpc) is 2.33. The number of hydrogen-bond acceptors (Lipinski definition) is 4. The van der Waals surface area contributed by atoms with Gasteiger partial charge < -0.3 is 19.5 Å². The van der Waals surface area contributed by atoms with Gasteiger partial charge in [0.25, 0.3) is 0 Å². The third kappa shape index (κ3) is 5.50. The molecule has 106 valence electrons. The molecule has 0 bridgehead atoms. The molecule has 1 rings (SSSR count). The lowest BCUT2D eigenvalue weighted by atomic mass is 9.77. The van der Waals surface area contributed by atoms with E-state index in [2.05, 4.69) is 0 Å². The summed E-state index contributed by atoms with van der Waals surface area (Å²) >= 11 is 0. The van der Waals surface area contributed by atoms with Crippen molar-refractivity contribution in [2.24, 2.45) is 0 Å². The van der Waals surface area contributed by atoms with Gasteiger partial charge in [0.1, 0.15) is 5.75 Å². The summed E-state index contributed by atoms with van der Waals surface area (Å²) in [5.74, 6) is 0.457. The Morgan fingerprint density at radius 3 is 2.47 bits per heavy atom. The standard InChI is InChI=1S/C11H14BF3O4/c1-18-9-2-3-10(12(16)17)8(6-9)7-19-5-4-11(13,14)15/h2-3,6,16-17H,4-5,7H2,1H3. The fraction of sp³-hybridized carbons (Fsp3) is 0.455. The first-order valence-electron chi connectivity index (χ1n) is 5.51. The molecule has 0 amide bonds. The predicted octanol–water partition coefficient (Wildman–Crippen LogP) is 0.844. The van der Waals surface area contributed by atoms with Crippen LogP contribution in [0.3, 0.4) is 0 Å². The van der Waals surface area contributed by atoms with Gasteiger partial charge in [-0.15, -0.1) is 0 Å². The lowest BCUT2D eigenvalue weighted by Gasteiger charge is -2.12. The van der Waals surface area contributed by atoms with Crippen LogP contribution in [0.1, 0.15) is 12.0 Å². The lowest BCUT2D eigenvalue weighted by molar-refractivity contribution is -0.146. The summed E-state index contributed by atoms with van der Waals surface area (Å²) in [6, 6.07) is 4.43. The normalized spacial score (nSPS) is 11.5. The molecule has 0 aliphatic heterocycles. The highest BCUT2D eigenvalue weighted by molar-refractivity contribution is 6.59. The number of methoxy groups -OCH3 is 1. The van der Waals surface area contributed by atoms with E-state index in [0.29, 0.717) is 11.3 Å². The third-order valence-electron chi connectivity index (χ3n) is 2.42. The van der Waals surface area contributed by atoms with Gasteiger partial charge in [-0.05, 0) is 23.2 Å². The van der Waals surface area contributed by atoms with E-state index in [9.17, 15) is 13.2 Å². The molecule has 1 aromatic rings. The Morgan fingerprint density at radius 2 is 1.95 bits per heavy atom. The Balaban J connectivity index is 2.65. The summed E-state index contributed by atoms with van der Waals surface area (Å²) in [6.45, 7) is -0.637. The minimum atomic E-state index is -4.27. The topological polar surface area (TPSA) is 58.9 Å². The van der Waals surface area contributed by atoms with E-state index in [4.69, 9.17) is 19.5 Å². The Hall–Kier alpha value is -1.25. The second-order valence-corrected chi connectivity index (χ2v) is 3.86. The molecule has 0 spiro atoms. The van der Waals surface area contributed by atoms with Crippen molar-refractivity contribution in [3.05, 3.63) is 23.8 Å². The zero-order valence-corrected chi connectivity index (χ0v) is 10.3. The summed E-state index contributed by atoms with van der Waals surface area (Å²) < 4.78 is 45.6. The Bertz CT molecular complexity index is 409. The molecule has 4 nitrogen and oxygen atoms in total. The van der Waals surface area contributed by atoms with E-state index in [1.807, 2.05) is 0 Å². The van der Waals surface area contributed by atoms with Crippen molar-refractivity contribution in [1.82, 2.24) is 0 Å². The molecule has 8 heteroatoms. The molecular formula is C11H14BF3O4. The number of alkyl halides is 3. The summed E-state index contributed by atoms with van der Waals surface area (Å²) in [7, 11) is -0.286. The minimum absolute atomic E-state index is 0.153. The first-order chi connectivity index (χ1) is 8.83. The van der Waals surface area contributed by atoms with Crippen molar-refractivity contribution in [2.75, 3.05) is 13.7 Å². The van der Waals surface area contributed by atoms with E-state index in [1.54, 1.807) is 0 Å². The third-order valence-corrected chi connectivity index (χ3v) is 2.42. The van der Waals surface area contributed by atoms with Gasteiger partial charge in [-0.3, -0.25) is 0 Å². The summed E-state index contributed by atoms with van der Waals surface area (Å²) in [4.78, 5) is 0. The maximum absolute atomic E-state index is 11.9. The monoisotopic (exact) mass is 278 g/mol. The Morgan fingerprint density at radius 1 is 1.26 bits per heavy atom. The van der Waals surface area contributed by atoms with E-state index < -0.39 is 26.3 Å². The maximum Gasteiger partial charge on any atom is 0.488 e. The average molecular weight is 278 g/mol. The maximum atomic E-state index is 11.9. The van der Waals surface area contributed by atoms with Crippen LogP contribution in [-0.4, -0.2) is 37.1 Å². The number of ether oxygens (including phenoxy) is 2. The van der Waals surface area contributed by atoms with Gasteiger partial charge in [0.2, 0.25) is 0 Å². The molecule has 1 aromatic carbocycles. The second-order valence-electron chi connectivity index (χ2n) is 3.86. The summed E-state index contributed by atoms with van der Waals surface area (Å²) in [5, 5.41) is 18.3. The number of hydrogen-bond donors (Lipinski definition) is 2. The first kappa shape index (κ1) is 15.8. The molecule has 0 aliphatic carbocycles. The highest BCUT2D eigenvalue weighted by atomic mass is 19.4. The number of benzene rings is 1. The quantitative estimate of drug-likeness (QED) is 0.598. The first-order valence-corrected chi connectivity index (χ1v) is 5.51. The van der Waals surface area contributed by atoms with Crippen molar-refractivity contribution < 1.29 is 32.7 Å². The molecule has 0 saturated heterocycles. The van der Waals surface area contributed by atoms with E-state index in [1.165, 1.54) is 25.3 Å². The molecule has 2 N–H and O–H groups in total. The molecule has 0 fully saturated rings. The second kappa shape index (κ2) is 6.79.